The van der Waals surface area contributed by atoms with Crippen molar-refractivity contribution in [1.29, 1.82) is 0 Å². The Morgan fingerprint density at radius 2 is 0.632 bits per heavy atom. The molecule has 0 aliphatic heterocycles. The molecule has 4 N–H and O–H groups in total. The van der Waals surface area contributed by atoms with Crippen LogP contribution < -0.4 is 16.4 Å². The Kier molecular flexibility index (Phi) is 51.1. The third-order valence-electron chi connectivity index (χ3n) is 14.7. The van der Waals surface area contributed by atoms with Crippen LogP contribution in [0, 0.1) is 0 Å². The highest BCUT2D eigenvalue weighted by Crippen LogP contribution is 2.24. The molecule has 68 heavy (non-hydrogen) atoms. The lowest BCUT2D eigenvalue weighted by molar-refractivity contribution is -0.134. The van der Waals surface area contributed by atoms with E-state index in [1.165, 1.54) is 231 Å². The van der Waals surface area contributed by atoms with Crippen LogP contribution in [-0.2, 0) is 14.4 Å². The monoisotopic (exact) mass is 954 g/mol. The van der Waals surface area contributed by atoms with E-state index in [2.05, 4.69) is 55.7 Å². The molecule has 400 valence electrons. The lowest BCUT2D eigenvalue weighted by atomic mass is 9.82. The number of carbonyl (C=O) groups is 3. The molecule has 0 rings (SSSR count). The molecule has 0 aliphatic rings. The molecule has 0 bridgehead atoms. The number of unbranched alkanes of at least 4 members (excludes halogenated alkanes) is 40. The Hall–Kier alpha value is -2.11. The Morgan fingerprint density at radius 3 is 0.926 bits per heavy atom. The van der Waals surface area contributed by atoms with Gasteiger partial charge < -0.3 is 16.4 Å². The Bertz CT molecular complexity index is 1150. The van der Waals surface area contributed by atoms with Gasteiger partial charge in [-0.25, -0.2) is 0 Å². The van der Waals surface area contributed by atoms with Crippen molar-refractivity contribution in [3.05, 3.63) is 24.3 Å². The second-order valence-electron chi connectivity index (χ2n) is 21.2. The normalized spacial score (nSPS) is 13.1. The van der Waals surface area contributed by atoms with E-state index in [0.717, 1.165) is 57.8 Å². The molecule has 0 aliphatic carbocycles. The fourth-order valence-electron chi connectivity index (χ4n) is 9.99. The molecule has 0 radical (unpaired) electrons. The lowest BCUT2D eigenvalue weighted by Crippen LogP contribution is -2.68. The SMILES string of the molecule is CCCCCCCC/C=C\CCCCCCCCCCCC(=O)NC(CCCCCCCCCCCCC)C(CC)(NC(=O)CCCCCCCCCCC/C=C\CCCCCCCC)C(N)=O. The predicted molar refractivity (Wildman–Crippen MR) is 299 cm³/mol. The molecule has 6 nitrogen and oxygen atoms in total. The molecule has 0 aromatic carbocycles. The van der Waals surface area contributed by atoms with E-state index in [-0.39, 0.29) is 11.8 Å². The molecular weight excluding hydrogens is 835 g/mol. The van der Waals surface area contributed by atoms with Crippen molar-refractivity contribution < 1.29 is 14.4 Å². The molecular formula is C62H119N3O3. The van der Waals surface area contributed by atoms with Crippen molar-refractivity contribution in [1.82, 2.24) is 10.6 Å². The molecule has 0 saturated carbocycles. The van der Waals surface area contributed by atoms with Gasteiger partial charge in [0.25, 0.3) is 0 Å². The summed E-state index contributed by atoms with van der Waals surface area (Å²) in [5.74, 6) is -0.686. The maximum absolute atomic E-state index is 13.5. The molecule has 0 fully saturated rings. The van der Waals surface area contributed by atoms with Gasteiger partial charge in [-0.3, -0.25) is 14.4 Å². The summed E-state index contributed by atoms with van der Waals surface area (Å²) < 4.78 is 0. The minimum atomic E-state index is -1.28. The van der Waals surface area contributed by atoms with E-state index in [4.69, 9.17) is 5.73 Å². The van der Waals surface area contributed by atoms with Gasteiger partial charge in [-0.15, -0.1) is 0 Å². The van der Waals surface area contributed by atoms with Crippen molar-refractivity contribution in [2.75, 3.05) is 0 Å². The largest absolute Gasteiger partial charge is 0.368 e. The summed E-state index contributed by atoms with van der Waals surface area (Å²) in [6.07, 6.45) is 67.9. The Morgan fingerprint density at radius 1 is 0.368 bits per heavy atom. The van der Waals surface area contributed by atoms with E-state index in [1.807, 2.05) is 6.92 Å². The smallest absolute Gasteiger partial charge is 0.245 e. The molecule has 0 heterocycles. The first kappa shape index (κ1) is 65.9. The van der Waals surface area contributed by atoms with Gasteiger partial charge in [0.15, 0.2) is 0 Å². The van der Waals surface area contributed by atoms with Crippen LogP contribution in [0.5, 0.6) is 0 Å². The average Bonchev–Trinajstić information content (AvgIpc) is 3.33. The minimum Gasteiger partial charge on any atom is -0.368 e. The fraction of sp³-hybridized carbons (Fsp3) is 0.887. The van der Waals surface area contributed by atoms with Gasteiger partial charge in [0.05, 0.1) is 6.04 Å². The average molecular weight is 955 g/mol. The summed E-state index contributed by atoms with van der Waals surface area (Å²) in [5.41, 5.74) is 4.90. The summed E-state index contributed by atoms with van der Waals surface area (Å²) in [6, 6.07) is -0.503. The zero-order chi connectivity index (χ0) is 49.7. The maximum atomic E-state index is 13.5. The third-order valence-corrected chi connectivity index (χ3v) is 14.7. The summed E-state index contributed by atoms with van der Waals surface area (Å²) in [6.45, 7) is 8.75. The molecule has 3 amide bonds. The van der Waals surface area contributed by atoms with Crippen LogP contribution in [0.2, 0.25) is 0 Å². The van der Waals surface area contributed by atoms with E-state index >= 15 is 0 Å². The van der Waals surface area contributed by atoms with Crippen LogP contribution >= 0.6 is 0 Å². The van der Waals surface area contributed by atoms with Crippen LogP contribution in [0.25, 0.3) is 0 Å². The first-order valence-corrected chi connectivity index (χ1v) is 30.6. The molecule has 2 atom stereocenters. The van der Waals surface area contributed by atoms with Crippen LogP contribution in [0.4, 0.5) is 0 Å². The molecule has 2 unspecified atom stereocenters. The van der Waals surface area contributed by atoms with Gasteiger partial charge >= 0.3 is 0 Å². The van der Waals surface area contributed by atoms with Crippen molar-refractivity contribution >= 4 is 17.7 Å². The van der Waals surface area contributed by atoms with Gasteiger partial charge in [-0.05, 0) is 77.0 Å². The van der Waals surface area contributed by atoms with Crippen molar-refractivity contribution in [2.24, 2.45) is 5.73 Å². The van der Waals surface area contributed by atoms with Crippen molar-refractivity contribution in [3.8, 4) is 0 Å². The minimum absolute atomic E-state index is 0.0249. The third kappa shape index (κ3) is 42.7. The van der Waals surface area contributed by atoms with Crippen LogP contribution in [0.1, 0.15) is 342 Å². The van der Waals surface area contributed by atoms with E-state index < -0.39 is 17.5 Å². The van der Waals surface area contributed by atoms with Crippen molar-refractivity contribution in [2.45, 2.75) is 354 Å². The topological polar surface area (TPSA) is 101 Å². The summed E-state index contributed by atoms with van der Waals surface area (Å²) in [7, 11) is 0. The Labute approximate surface area is 425 Å². The highest BCUT2D eigenvalue weighted by atomic mass is 16.2. The number of amides is 3. The van der Waals surface area contributed by atoms with Gasteiger partial charge in [0.2, 0.25) is 17.7 Å². The van der Waals surface area contributed by atoms with Gasteiger partial charge in [-0.1, -0.05) is 277 Å². The van der Waals surface area contributed by atoms with Crippen LogP contribution in [-0.4, -0.2) is 29.3 Å². The zero-order valence-electron chi connectivity index (χ0n) is 46.3. The van der Waals surface area contributed by atoms with Gasteiger partial charge in [-0.2, -0.15) is 0 Å². The van der Waals surface area contributed by atoms with E-state index in [0.29, 0.717) is 25.7 Å². The molecule has 0 spiro atoms. The summed E-state index contributed by atoms with van der Waals surface area (Å²) >= 11 is 0. The number of rotatable bonds is 55. The number of allylic oxidation sites excluding steroid dienone is 4. The number of primary amides is 1. The molecule has 0 saturated heterocycles. The van der Waals surface area contributed by atoms with E-state index in [9.17, 15) is 14.4 Å². The summed E-state index contributed by atoms with van der Waals surface area (Å²) in [5, 5.41) is 6.38. The Balaban J connectivity index is 4.68. The van der Waals surface area contributed by atoms with Crippen LogP contribution in [0.3, 0.4) is 0 Å². The number of hydrogen-bond acceptors (Lipinski definition) is 3. The second-order valence-corrected chi connectivity index (χ2v) is 21.2. The standard InChI is InChI=1S/C62H119N3O3/c1-5-9-12-15-18-21-24-26-28-30-32-34-36-38-41-44-47-50-53-56-59(66)64-58(55-52-49-46-43-40-23-20-17-14-11-7-3)62(8-4,61(63)68)65-60(67)57-54-51-48-45-42-39-37-35-33-31-29-27-25-22-19-16-13-10-6-2/h26-29,58H,5-25,30-57H2,1-4H3,(H2,63,68)(H,64,66)(H,65,67)/b28-26-,29-27-. The lowest BCUT2D eigenvalue weighted by Gasteiger charge is -2.39. The predicted octanol–water partition coefficient (Wildman–Crippen LogP) is 19.1. The summed E-state index contributed by atoms with van der Waals surface area (Å²) in [4.78, 5) is 40.3. The fourth-order valence-corrected chi connectivity index (χ4v) is 9.99. The molecule has 0 aromatic rings. The number of carbonyl (C=O) groups excluding carboxylic acids is 3. The quantitative estimate of drug-likeness (QED) is 0.0418. The maximum Gasteiger partial charge on any atom is 0.245 e. The van der Waals surface area contributed by atoms with Crippen molar-refractivity contribution in [3.63, 3.8) is 0 Å². The highest BCUT2D eigenvalue weighted by Gasteiger charge is 2.44. The second kappa shape index (κ2) is 52.7. The zero-order valence-corrected chi connectivity index (χ0v) is 46.3. The first-order valence-electron chi connectivity index (χ1n) is 30.6. The van der Waals surface area contributed by atoms with Crippen LogP contribution in [0.15, 0.2) is 24.3 Å². The highest BCUT2D eigenvalue weighted by molar-refractivity contribution is 5.92. The first-order chi connectivity index (χ1) is 33.4. The molecule has 0 aromatic heterocycles. The number of nitrogens with one attached hydrogen (secondary N) is 2. The van der Waals surface area contributed by atoms with E-state index in [1.54, 1.807) is 0 Å². The molecule has 6 heteroatoms. The number of nitrogens with two attached hydrogens (primary N) is 1. The number of hydrogen-bond donors (Lipinski definition) is 3. The van der Waals surface area contributed by atoms with Gasteiger partial charge in [0.1, 0.15) is 5.54 Å². The van der Waals surface area contributed by atoms with Gasteiger partial charge in [0, 0.05) is 12.8 Å².